The number of hydrogen-bond donors (Lipinski definition) is 4. The first-order valence-corrected chi connectivity index (χ1v) is 4.55. The maximum atomic E-state index is 11.3. The fourth-order valence-electron chi connectivity index (χ4n) is 1.63. The number of aromatic amines is 3. The highest BCUT2D eigenvalue weighted by atomic mass is 16.3. The Bertz CT molecular complexity index is 694. The lowest BCUT2D eigenvalue weighted by atomic mass is 10.2. The van der Waals surface area contributed by atoms with Crippen molar-refractivity contribution in [2.24, 2.45) is 0 Å². The van der Waals surface area contributed by atoms with Gasteiger partial charge >= 0.3 is 5.69 Å². The summed E-state index contributed by atoms with van der Waals surface area (Å²) in [5, 5.41) is 16.4. The normalized spacial score (nSPS) is 11.0. The van der Waals surface area contributed by atoms with Crippen molar-refractivity contribution < 1.29 is 5.11 Å². The van der Waals surface area contributed by atoms with Crippen LogP contribution in [0.3, 0.4) is 0 Å². The van der Waals surface area contributed by atoms with Gasteiger partial charge in [0.2, 0.25) is 0 Å². The molecule has 0 aliphatic carbocycles. The molecule has 0 bridgehead atoms. The summed E-state index contributed by atoms with van der Waals surface area (Å²) >= 11 is 0. The summed E-state index contributed by atoms with van der Waals surface area (Å²) in [5.41, 5.74) is 1.16. The first-order chi connectivity index (χ1) is 7.74. The summed E-state index contributed by atoms with van der Waals surface area (Å²) in [6, 6.07) is 1.50. The molecule has 4 N–H and O–H groups in total. The molecular formula is C9H7N5O2. The van der Waals surface area contributed by atoms with E-state index >= 15 is 0 Å². The van der Waals surface area contributed by atoms with Gasteiger partial charge in [0, 0.05) is 23.2 Å². The molecule has 3 aromatic rings. The highest BCUT2D eigenvalue weighted by Gasteiger charge is 2.10. The molecule has 3 aromatic heterocycles. The predicted molar refractivity (Wildman–Crippen MR) is 56.0 cm³/mol. The van der Waals surface area contributed by atoms with Crippen LogP contribution in [0.4, 0.5) is 0 Å². The summed E-state index contributed by atoms with van der Waals surface area (Å²) in [6.45, 7) is 0. The largest absolute Gasteiger partial charge is 0.495 e. The minimum absolute atomic E-state index is 0.0359. The van der Waals surface area contributed by atoms with Gasteiger partial charge in [-0.15, -0.1) is 0 Å². The fraction of sp³-hybridized carbons (Fsp3) is 0. The number of aromatic nitrogens is 5. The van der Waals surface area contributed by atoms with E-state index in [-0.39, 0.29) is 5.88 Å². The van der Waals surface area contributed by atoms with Crippen molar-refractivity contribution in [3.05, 3.63) is 28.9 Å². The van der Waals surface area contributed by atoms with Crippen molar-refractivity contribution in [3.8, 4) is 17.1 Å². The Hall–Kier alpha value is -2.57. The van der Waals surface area contributed by atoms with Crippen LogP contribution in [-0.2, 0) is 0 Å². The van der Waals surface area contributed by atoms with E-state index in [0.717, 1.165) is 5.56 Å². The van der Waals surface area contributed by atoms with Crippen LogP contribution in [0, 0.1) is 0 Å². The van der Waals surface area contributed by atoms with Crippen LogP contribution in [0.25, 0.3) is 22.3 Å². The third-order valence-electron chi connectivity index (χ3n) is 2.28. The maximum Gasteiger partial charge on any atom is 0.347 e. The number of nitrogens with zero attached hydrogens (tertiary/aromatic N) is 2. The molecule has 80 valence electrons. The van der Waals surface area contributed by atoms with Crippen LogP contribution < -0.4 is 5.69 Å². The summed E-state index contributed by atoms with van der Waals surface area (Å²) in [4.78, 5) is 20.2. The molecular weight excluding hydrogens is 210 g/mol. The second-order valence-electron chi connectivity index (χ2n) is 3.32. The van der Waals surface area contributed by atoms with E-state index in [1.165, 1.54) is 6.07 Å². The molecule has 0 unspecified atom stereocenters. The zero-order valence-electron chi connectivity index (χ0n) is 7.98. The van der Waals surface area contributed by atoms with E-state index in [2.05, 4.69) is 25.1 Å². The maximum absolute atomic E-state index is 11.3. The third kappa shape index (κ3) is 1.18. The topological polar surface area (TPSA) is 110 Å². The van der Waals surface area contributed by atoms with Gasteiger partial charge in [-0.2, -0.15) is 10.1 Å². The van der Waals surface area contributed by atoms with Crippen molar-refractivity contribution >= 4 is 11.0 Å². The molecule has 0 saturated carbocycles. The van der Waals surface area contributed by atoms with Gasteiger partial charge in [0.1, 0.15) is 5.65 Å². The van der Waals surface area contributed by atoms with Gasteiger partial charge in [-0.1, -0.05) is 0 Å². The molecule has 0 spiro atoms. The minimum Gasteiger partial charge on any atom is -0.495 e. The van der Waals surface area contributed by atoms with Crippen LogP contribution in [-0.4, -0.2) is 30.3 Å². The summed E-state index contributed by atoms with van der Waals surface area (Å²) in [5.74, 6) is -0.0359. The number of aromatic hydroxyl groups is 1. The standard InChI is InChI=1S/C9H7N5O2/c15-6-1-5-7(4-2-10-11-3-4)13-9(16)14-8(5)12-6/h1-3,15H,(H,10,11)(H2,12,13,14,16). The average Bonchev–Trinajstić information content (AvgIpc) is 2.83. The molecule has 7 heteroatoms. The van der Waals surface area contributed by atoms with E-state index in [1.54, 1.807) is 12.4 Å². The quantitative estimate of drug-likeness (QED) is 0.471. The number of fused-ring (bicyclic) bond motifs is 1. The van der Waals surface area contributed by atoms with E-state index < -0.39 is 5.69 Å². The number of hydrogen-bond acceptors (Lipinski definition) is 4. The minimum atomic E-state index is -0.481. The highest BCUT2D eigenvalue weighted by molar-refractivity contribution is 5.91. The lowest BCUT2D eigenvalue weighted by Gasteiger charge is -1.97. The third-order valence-corrected chi connectivity index (χ3v) is 2.28. The highest BCUT2D eigenvalue weighted by Crippen LogP contribution is 2.25. The fourth-order valence-corrected chi connectivity index (χ4v) is 1.63. The second-order valence-corrected chi connectivity index (χ2v) is 3.32. The van der Waals surface area contributed by atoms with Gasteiger partial charge in [0.15, 0.2) is 5.88 Å². The Morgan fingerprint density at radius 2 is 2.19 bits per heavy atom. The van der Waals surface area contributed by atoms with Crippen molar-refractivity contribution in [1.29, 1.82) is 0 Å². The zero-order chi connectivity index (χ0) is 11.1. The van der Waals surface area contributed by atoms with Gasteiger partial charge in [0.25, 0.3) is 0 Å². The van der Waals surface area contributed by atoms with Crippen LogP contribution in [0.1, 0.15) is 0 Å². The van der Waals surface area contributed by atoms with Crippen molar-refractivity contribution in [1.82, 2.24) is 25.1 Å². The summed E-state index contributed by atoms with van der Waals surface area (Å²) in [6.07, 6.45) is 3.23. The number of H-pyrrole nitrogens is 3. The summed E-state index contributed by atoms with van der Waals surface area (Å²) < 4.78 is 0. The van der Waals surface area contributed by atoms with Crippen LogP contribution in [0.5, 0.6) is 5.88 Å². The van der Waals surface area contributed by atoms with Gasteiger partial charge in [-0.25, -0.2) is 4.79 Å². The van der Waals surface area contributed by atoms with Crippen LogP contribution in [0.15, 0.2) is 23.3 Å². The molecule has 0 fully saturated rings. The van der Waals surface area contributed by atoms with Crippen molar-refractivity contribution in [2.45, 2.75) is 0 Å². The Morgan fingerprint density at radius 1 is 1.31 bits per heavy atom. The van der Waals surface area contributed by atoms with E-state index in [4.69, 9.17) is 0 Å². The zero-order valence-corrected chi connectivity index (χ0v) is 7.98. The molecule has 0 aromatic carbocycles. The first-order valence-electron chi connectivity index (χ1n) is 4.55. The molecule has 16 heavy (non-hydrogen) atoms. The number of nitrogens with one attached hydrogen (secondary N) is 3. The Labute approximate surface area is 88.2 Å². The lowest BCUT2D eigenvalue weighted by molar-refractivity contribution is 0.458. The SMILES string of the molecule is O=c1nc2[nH]c(O)cc2c(-c2cn[nH]c2)[nH]1. The molecule has 0 radical (unpaired) electrons. The average molecular weight is 217 g/mol. The molecule has 0 aliphatic rings. The van der Waals surface area contributed by atoms with Gasteiger partial charge < -0.3 is 15.1 Å². The monoisotopic (exact) mass is 217 g/mol. The van der Waals surface area contributed by atoms with Crippen LogP contribution in [0.2, 0.25) is 0 Å². The van der Waals surface area contributed by atoms with Crippen LogP contribution >= 0.6 is 0 Å². The van der Waals surface area contributed by atoms with Crippen molar-refractivity contribution in [3.63, 3.8) is 0 Å². The molecule has 3 heterocycles. The van der Waals surface area contributed by atoms with E-state index in [1.807, 2.05) is 0 Å². The Balaban J connectivity index is 2.43. The molecule has 7 nitrogen and oxygen atoms in total. The lowest BCUT2D eigenvalue weighted by Crippen LogP contribution is -2.10. The van der Waals surface area contributed by atoms with Crippen molar-refractivity contribution in [2.75, 3.05) is 0 Å². The number of rotatable bonds is 1. The van der Waals surface area contributed by atoms with Gasteiger partial charge in [-0.05, 0) is 0 Å². The Kier molecular flexibility index (Phi) is 1.61. The molecule has 0 saturated heterocycles. The second kappa shape index (κ2) is 2.96. The smallest absolute Gasteiger partial charge is 0.347 e. The van der Waals surface area contributed by atoms with E-state index in [0.29, 0.717) is 16.7 Å². The van der Waals surface area contributed by atoms with E-state index in [9.17, 15) is 9.90 Å². The Morgan fingerprint density at radius 3 is 2.94 bits per heavy atom. The van der Waals surface area contributed by atoms with Gasteiger partial charge in [-0.3, -0.25) is 5.10 Å². The molecule has 0 atom stereocenters. The molecule has 3 rings (SSSR count). The summed E-state index contributed by atoms with van der Waals surface area (Å²) in [7, 11) is 0. The molecule has 0 amide bonds. The van der Waals surface area contributed by atoms with Gasteiger partial charge in [0.05, 0.1) is 11.9 Å². The molecule has 0 aliphatic heterocycles. The first kappa shape index (κ1) is 8.72. The predicted octanol–water partition coefficient (Wildman–Crippen LogP) is 0.347.